The van der Waals surface area contributed by atoms with Crippen LogP contribution in [-0.4, -0.2) is 41.0 Å². The van der Waals surface area contributed by atoms with E-state index in [1.807, 2.05) is 19.9 Å². The predicted octanol–water partition coefficient (Wildman–Crippen LogP) is 1.61. The molecule has 2 aliphatic heterocycles. The van der Waals surface area contributed by atoms with E-state index in [9.17, 15) is 14.4 Å². The number of fused-ring (bicyclic) bond motifs is 2. The van der Waals surface area contributed by atoms with E-state index >= 15 is 0 Å². The SMILES string of the molecule is CCOc1ccc2c(c1)[C@@]1(SC(NC(C)=O)=NN1C(C)=O)C(=O)N2CC. The van der Waals surface area contributed by atoms with Gasteiger partial charge in [-0.1, -0.05) is 0 Å². The molecule has 0 saturated heterocycles. The van der Waals surface area contributed by atoms with Crippen molar-refractivity contribution in [3.05, 3.63) is 23.8 Å². The Morgan fingerprint density at radius 2 is 2.04 bits per heavy atom. The maximum atomic E-state index is 13.3. The maximum Gasteiger partial charge on any atom is 0.270 e. The molecule has 1 aromatic carbocycles. The summed E-state index contributed by atoms with van der Waals surface area (Å²) in [5, 5.41) is 8.14. The fourth-order valence-corrected chi connectivity index (χ4v) is 4.49. The second-order valence-corrected chi connectivity index (χ2v) is 7.01. The smallest absolute Gasteiger partial charge is 0.270 e. The second kappa shape index (κ2) is 6.64. The minimum absolute atomic E-state index is 0.215. The molecule has 0 aromatic heterocycles. The number of carbonyl (C=O) groups excluding carboxylic acids is 3. The van der Waals surface area contributed by atoms with Crippen LogP contribution < -0.4 is 15.0 Å². The van der Waals surface area contributed by atoms with Crippen molar-refractivity contribution in [3.8, 4) is 5.75 Å². The third-order valence-electron chi connectivity index (χ3n) is 4.10. The minimum atomic E-state index is -1.37. The lowest BCUT2D eigenvalue weighted by Crippen LogP contribution is -2.48. The van der Waals surface area contributed by atoms with Crippen LogP contribution in [0, 0.1) is 0 Å². The molecular formula is C17H20N4O4S. The summed E-state index contributed by atoms with van der Waals surface area (Å²) < 4.78 is 5.58. The summed E-state index contributed by atoms with van der Waals surface area (Å²) in [6.07, 6.45) is 0. The number of ether oxygens (including phenoxy) is 1. The molecule has 0 fully saturated rings. The molecule has 26 heavy (non-hydrogen) atoms. The van der Waals surface area contributed by atoms with Gasteiger partial charge in [0.25, 0.3) is 5.91 Å². The Balaban J connectivity index is 2.17. The molecule has 1 N–H and O–H groups in total. The monoisotopic (exact) mass is 376 g/mol. The van der Waals surface area contributed by atoms with Crippen molar-refractivity contribution in [1.29, 1.82) is 0 Å². The molecule has 1 atom stereocenters. The quantitative estimate of drug-likeness (QED) is 0.865. The van der Waals surface area contributed by atoms with Gasteiger partial charge >= 0.3 is 0 Å². The van der Waals surface area contributed by atoms with E-state index in [0.717, 1.165) is 16.8 Å². The number of carbonyl (C=O) groups is 3. The minimum Gasteiger partial charge on any atom is -0.494 e. The number of thioether (sulfide) groups is 1. The first kappa shape index (κ1) is 18.2. The lowest BCUT2D eigenvalue weighted by Gasteiger charge is -2.29. The van der Waals surface area contributed by atoms with Crippen molar-refractivity contribution in [3.63, 3.8) is 0 Å². The van der Waals surface area contributed by atoms with Crippen molar-refractivity contribution in [2.24, 2.45) is 5.10 Å². The zero-order valence-corrected chi connectivity index (χ0v) is 15.8. The number of hydrogen-bond donors (Lipinski definition) is 1. The standard InChI is InChI=1S/C17H20N4O4S/c1-5-20-14-8-7-12(25-6-2)9-13(14)17(15(20)24)21(11(4)23)19-16(26-17)18-10(3)22/h7-9H,5-6H2,1-4H3,(H,18,19,22)/t17-/m1/s1. The van der Waals surface area contributed by atoms with Crippen molar-refractivity contribution >= 4 is 40.3 Å². The van der Waals surface area contributed by atoms with Crippen molar-refractivity contribution in [2.75, 3.05) is 18.1 Å². The fourth-order valence-electron chi connectivity index (χ4n) is 3.16. The third kappa shape index (κ3) is 2.63. The van der Waals surface area contributed by atoms with Gasteiger partial charge in [-0.15, -0.1) is 5.10 Å². The number of nitrogens with one attached hydrogen (secondary N) is 1. The van der Waals surface area contributed by atoms with E-state index in [0.29, 0.717) is 30.2 Å². The molecule has 9 heteroatoms. The van der Waals surface area contributed by atoms with Gasteiger partial charge in [0.1, 0.15) is 5.75 Å². The molecule has 0 bridgehead atoms. The molecule has 3 rings (SSSR count). The lowest BCUT2D eigenvalue weighted by molar-refractivity contribution is -0.139. The summed E-state index contributed by atoms with van der Waals surface area (Å²) in [5.41, 5.74) is 1.33. The van der Waals surface area contributed by atoms with Crippen LogP contribution in [0.5, 0.6) is 5.75 Å². The van der Waals surface area contributed by atoms with E-state index in [1.54, 1.807) is 17.0 Å². The summed E-state index contributed by atoms with van der Waals surface area (Å²) in [7, 11) is 0. The Labute approximate surface area is 155 Å². The summed E-state index contributed by atoms with van der Waals surface area (Å²) in [6, 6.07) is 5.37. The molecule has 8 nitrogen and oxygen atoms in total. The van der Waals surface area contributed by atoms with Gasteiger partial charge in [-0.2, -0.15) is 5.01 Å². The number of benzene rings is 1. The molecule has 1 spiro atoms. The predicted molar refractivity (Wildman–Crippen MR) is 98.7 cm³/mol. The van der Waals surface area contributed by atoms with Crippen LogP contribution in [0.3, 0.4) is 0 Å². The molecule has 138 valence electrons. The summed E-state index contributed by atoms with van der Waals surface area (Å²) in [5.74, 6) is -0.379. The Bertz CT molecular complexity index is 825. The number of hydrazone groups is 1. The Kier molecular flexibility index (Phi) is 4.66. The van der Waals surface area contributed by atoms with Gasteiger partial charge in [-0.05, 0) is 43.8 Å². The highest BCUT2D eigenvalue weighted by molar-refractivity contribution is 8.15. The molecular weight excluding hydrogens is 356 g/mol. The zero-order valence-electron chi connectivity index (χ0n) is 15.0. The number of hydrogen-bond acceptors (Lipinski definition) is 6. The van der Waals surface area contributed by atoms with Crippen LogP contribution >= 0.6 is 11.8 Å². The number of rotatable bonds is 3. The molecule has 0 saturated carbocycles. The van der Waals surface area contributed by atoms with Gasteiger partial charge in [0.05, 0.1) is 12.3 Å². The summed E-state index contributed by atoms with van der Waals surface area (Å²) >= 11 is 1.06. The Morgan fingerprint density at radius 1 is 1.31 bits per heavy atom. The molecule has 0 unspecified atom stereocenters. The van der Waals surface area contributed by atoms with Gasteiger partial charge in [0.15, 0.2) is 5.17 Å². The second-order valence-electron chi connectivity index (χ2n) is 5.82. The van der Waals surface area contributed by atoms with Gasteiger partial charge in [0.2, 0.25) is 16.7 Å². The first-order valence-electron chi connectivity index (χ1n) is 8.30. The van der Waals surface area contributed by atoms with Gasteiger partial charge in [-0.25, -0.2) is 0 Å². The summed E-state index contributed by atoms with van der Waals surface area (Å²) in [6.45, 7) is 7.36. The average molecular weight is 376 g/mol. The van der Waals surface area contributed by atoms with Gasteiger partial charge in [-0.3, -0.25) is 14.4 Å². The average Bonchev–Trinajstić information content (AvgIpc) is 3.06. The lowest BCUT2D eigenvalue weighted by atomic mass is 10.1. The van der Waals surface area contributed by atoms with Gasteiger partial charge < -0.3 is 15.0 Å². The number of amidine groups is 1. The summed E-state index contributed by atoms with van der Waals surface area (Å²) in [4.78, 5) is 37.3. The van der Waals surface area contributed by atoms with Crippen LogP contribution in [-0.2, 0) is 19.3 Å². The third-order valence-corrected chi connectivity index (χ3v) is 5.34. The van der Waals surface area contributed by atoms with Gasteiger partial charge in [0, 0.05) is 26.0 Å². The van der Waals surface area contributed by atoms with E-state index in [1.165, 1.54) is 13.8 Å². The number of likely N-dealkylation sites (N-methyl/N-ethyl adjacent to an activating group) is 1. The highest BCUT2D eigenvalue weighted by atomic mass is 32.2. The number of nitrogens with zero attached hydrogens (tertiary/aromatic N) is 3. The molecule has 2 aliphatic rings. The largest absolute Gasteiger partial charge is 0.494 e. The number of amides is 3. The van der Waals surface area contributed by atoms with Crippen LogP contribution in [0.1, 0.15) is 33.3 Å². The van der Waals surface area contributed by atoms with E-state index in [-0.39, 0.29) is 17.0 Å². The van der Waals surface area contributed by atoms with Crippen molar-refractivity contribution in [1.82, 2.24) is 10.3 Å². The van der Waals surface area contributed by atoms with E-state index < -0.39 is 10.8 Å². The van der Waals surface area contributed by atoms with Crippen LogP contribution in [0.25, 0.3) is 0 Å². The molecule has 2 heterocycles. The fraction of sp³-hybridized carbons (Fsp3) is 0.412. The molecule has 0 aliphatic carbocycles. The molecule has 3 amide bonds. The maximum absolute atomic E-state index is 13.3. The highest BCUT2D eigenvalue weighted by Gasteiger charge is 2.61. The van der Waals surface area contributed by atoms with Crippen LogP contribution in [0.4, 0.5) is 5.69 Å². The first-order valence-corrected chi connectivity index (χ1v) is 9.12. The normalized spacial score (nSPS) is 21.1. The highest BCUT2D eigenvalue weighted by Crippen LogP contribution is 2.55. The van der Waals surface area contributed by atoms with Crippen LogP contribution in [0.2, 0.25) is 0 Å². The zero-order chi connectivity index (χ0) is 19.1. The van der Waals surface area contributed by atoms with E-state index in [2.05, 4.69) is 10.4 Å². The van der Waals surface area contributed by atoms with Crippen molar-refractivity contribution < 1.29 is 19.1 Å². The van der Waals surface area contributed by atoms with Crippen molar-refractivity contribution in [2.45, 2.75) is 32.6 Å². The Morgan fingerprint density at radius 3 is 2.62 bits per heavy atom. The van der Waals surface area contributed by atoms with E-state index in [4.69, 9.17) is 4.74 Å². The molecule has 1 aromatic rings. The first-order chi connectivity index (χ1) is 12.3. The molecule has 0 radical (unpaired) electrons. The van der Waals surface area contributed by atoms with Crippen LogP contribution in [0.15, 0.2) is 23.3 Å². The number of anilines is 1. The Hall–Kier alpha value is -2.55. The topological polar surface area (TPSA) is 91.3 Å².